The lowest BCUT2D eigenvalue weighted by Gasteiger charge is -2.16. The number of terminal acetylenes is 1. The van der Waals surface area contributed by atoms with Crippen molar-refractivity contribution in [2.75, 3.05) is 0 Å². The molecular formula is C12H16. The molecule has 1 unspecified atom stereocenters. The lowest BCUT2D eigenvalue weighted by molar-refractivity contribution is 0.619. The largest absolute Gasteiger partial charge is 0.115 e. The molecule has 0 N–H and O–H groups in total. The molecule has 0 bridgehead atoms. The summed E-state index contributed by atoms with van der Waals surface area (Å²) in [5.41, 5.74) is 2.69. The first-order valence-electron chi connectivity index (χ1n) is 4.64. The van der Waals surface area contributed by atoms with E-state index < -0.39 is 0 Å². The van der Waals surface area contributed by atoms with Gasteiger partial charge in [0.15, 0.2) is 0 Å². The molecule has 0 radical (unpaired) electrons. The van der Waals surface area contributed by atoms with Crippen molar-refractivity contribution in [3.8, 4) is 12.3 Å². The molecule has 1 aliphatic rings. The molecule has 0 heteroatoms. The van der Waals surface area contributed by atoms with Gasteiger partial charge in [-0.15, -0.1) is 6.42 Å². The van der Waals surface area contributed by atoms with Crippen molar-refractivity contribution in [1.29, 1.82) is 0 Å². The van der Waals surface area contributed by atoms with Crippen LogP contribution in [0.5, 0.6) is 0 Å². The molecular weight excluding hydrogens is 144 g/mol. The molecule has 0 saturated carbocycles. The smallest absolute Gasteiger partial charge is 0.00207 e. The molecule has 0 saturated heterocycles. The van der Waals surface area contributed by atoms with Gasteiger partial charge < -0.3 is 0 Å². The number of hydrogen-bond acceptors (Lipinski definition) is 0. The Morgan fingerprint density at radius 3 is 2.67 bits per heavy atom. The highest BCUT2D eigenvalue weighted by atomic mass is 14.1. The average molecular weight is 160 g/mol. The summed E-state index contributed by atoms with van der Waals surface area (Å²) in [5, 5.41) is 0. The monoisotopic (exact) mass is 160 g/mol. The second kappa shape index (κ2) is 4.16. The van der Waals surface area contributed by atoms with E-state index in [0.29, 0.717) is 0 Å². The summed E-state index contributed by atoms with van der Waals surface area (Å²) in [6.45, 7) is 4.51. The SMILES string of the molecule is C#CC1=CC=C(C(C)CC)CC1. The highest BCUT2D eigenvalue weighted by molar-refractivity contribution is 5.35. The van der Waals surface area contributed by atoms with Gasteiger partial charge in [0.05, 0.1) is 0 Å². The van der Waals surface area contributed by atoms with Crippen LogP contribution in [-0.4, -0.2) is 0 Å². The minimum atomic E-state index is 0.723. The van der Waals surface area contributed by atoms with Crippen LogP contribution < -0.4 is 0 Å². The van der Waals surface area contributed by atoms with Crippen LogP contribution in [0.4, 0.5) is 0 Å². The Morgan fingerprint density at radius 2 is 2.25 bits per heavy atom. The standard InChI is InChI=1S/C12H16/c1-4-10(3)12-8-6-11(5-2)7-9-12/h2,6,8,10H,4,7,9H2,1,3H3. The molecule has 0 heterocycles. The van der Waals surface area contributed by atoms with Crippen LogP contribution >= 0.6 is 0 Å². The van der Waals surface area contributed by atoms with E-state index >= 15 is 0 Å². The van der Waals surface area contributed by atoms with Gasteiger partial charge in [-0.05, 0) is 25.2 Å². The van der Waals surface area contributed by atoms with Crippen molar-refractivity contribution in [1.82, 2.24) is 0 Å². The number of allylic oxidation sites excluding steroid dienone is 4. The van der Waals surface area contributed by atoms with E-state index in [1.807, 2.05) is 0 Å². The Morgan fingerprint density at radius 1 is 1.50 bits per heavy atom. The Bertz CT molecular complexity index is 248. The van der Waals surface area contributed by atoms with Crippen molar-refractivity contribution in [3.05, 3.63) is 23.3 Å². The fourth-order valence-electron chi connectivity index (χ4n) is 1.45. The zero-order valence-corrected chi connectivity index (χ0v) is 7.93. The molecule has 1 atom stereocenters. The average Bonchev–Trinajstić information content (AvgIpc) is 2.17. The van der Waals surface area contributed by atoms with Crippen molar-refractivity contribution >= 4 is 0 Å². The van der Waals surface area contributed by atoms with Crippen molar-refractivity contribution in [3.63, 3.8) is 0 Å². The number of rotatable bonds is 2. The molecule has 0 amide bonds. The van der Waals surface area contributed by atoms with E-state index in [1.165, 1.54) is 6.42 Å². The Hall–Kier alpha value is -0.960. The fraction of sp³-hybridized carbons (Fsp3) is 0.500. The highest BCUT2D eigenvalue weighted by Gasteiger charge is 2.09. The second-order valence-electron chi connectivity index (χ2n) is 3.39. The van der Waals surface area contributed by atoms with Gasteiger partial charge in [-0.2, -0.15) is 0 Å². The van der Waals surface area contributed by atoms with Gasteiger partial charge in [0.2, 0.25) is 0 Å². The van der Waals surface area contributed by atoms with Crippen molar-refractivity contribution < 1.29 is 0 Å². The molecule has 0 aromatic carbocycles. The third-order valence-electron chi connectivity index (χ3n) is 2.61. The minimum absolute atomic E-state index is 0.723. The summed E-state index contributed by atoms with van der Waals surface area (Å²) in [5.74, 6) is 3.42. The van der Waals surface area contributed by atoms with Gasteiger partial charge in [-0.3, -0.25) is 0 Å². The van der Waals surface area contributed by atoms with E-state index in [2.05, 4.69) is 31.9 Å². The third kappa shape index (κ3) is 2.01. The molecule has 0 spiro atoms. The van der Waals surface area contributed by atoms with Crippen LogP contribution in [-0.2, 0) is 0 Å². The second-order valence-corrected chi connectivity index (χ2v) is 3.39. The third-order valence-corrected chi connectivity index (χ3v) is 2.61. The first-order valence-corrected chi connectivity index (χ1v) is 4.64. The highest BCUT2D eigenvalue weighted by Crippen LogP contribution is 2.25. The van der Waals surface area contributed by atoms with Crippen LogP contribution in [0.3, 0.4) is 0 Å². The van der Waals surface area contributed by atoms with Crippen LogP contribution in [0, 0.1) is 18.3 Å². The van der Waals surface area contributed by atoms with E-state index in [4.69, 9.17) is 6.42 Å². The fourth-order valence-corrected chi connectivity index (χ4v) is 1.45. The summed E-state index contributed by atoms with van der Waals surface area (Å²) in [4.78, 5) is 0. The molecule has 1 aliphatic carbocycles. The van der Waals surface area contributed by atoms with Gasteiger partial charge in [0, 0.05) is 5.57 Å². The van der Waals surface area contributed by atoms with E-state index in [9.17, 15) is 0 Å². The zero-order chi connectivity index (χ0) is 8.97. The Labute approximate surface area is 75.4 Å². The summed E-state index contributed by atoms with van der Waals surface area (Å²) in [6, 6.07) is 0. The first kappa shape index (κ1) is 9.13. The molecule has 12 heavy (non-hydrogen) atoms. The molecule has 0 aromatic rings. The van der Waals surface area contributed by atoms with Crippen LogP contribution in [0.25, 0.3) is 0 Å². The summed E-state index contributed by atoms with van der Waals surface area (Å²) in [7, 11) is 0. The topological polar surface area (TPSA) is 0 Å². The maximum atomic E-state index is 5.31. The van der Waals surface area contributed by atoms with E-state index in [0.717, 1.165) is 24.3 Å². The van der Waals surface area contributed by atoms with Gasteiger partial charge in [-0.25, -0.2) is 0 Å². The Kier molecular flexibility index (Phi) is 3.17. The Balaban J connectivity index is 2.67. The summed E-state index contributed by atoms with van der Waals surface area (Å²) >= 11 is 0. The molecule has 1 rings (SSSR count). The molecule has 0 aliphatic heterocycles. The van der Waals surface area contributed by atoms with Crippen molar-refractivity contribution in [2.24, 2.45) is 5.92 Å². The normalized spacial score (nSPS) is 19.1. The van der Waals surface area contributed by atoms with Gasteiger partial charge in [0.25, 0.3) is 0 Å². The molecule has 0 aromatic heterocycles. The maximum Gasteiger partial charge on any atom is 0.00207 e. The van der Waals surface area contributed by atoms with Crippen LogP contribution in [0.2, 0.25) is 0 Å². The summed E-state index contributed by atoms with van der Waals surface area (Å²) < 4.78 is 0. The van der Waals surface area contributed by atoms with E-state index in [1.54, 1.807) is 5.57 Å². The van der Waals surface area contributed by atoms with Gasteiger partial charge >= 0.3 is 0 Å². The van der Waals surface area contributed by atoms with Gasteiger partial charge in [-0.1, -0.05) is 37.5 Å². The molecule has 0 nitrogen and oxygen atoms in total. The predicted octanol–water partition coefficient (Wildman–Crippen LogP) is 3.31. The minimum Gasteiger partial charge on any atom is -0.115 e. The van der Waals surface area contributed by atoms with E-state index in [-0.39, 0.29) is 0 Å². The quantitative estimate of drug-likeness (QED) is 0.544. The molecule has 64 valence electrons. The zero-order valence-electron chi connectivity index (χ0n) is 7.93. The van der Waals surface area contributed by atoms with Crippen LogP contribution in [0.1, 0.15) is 33.1 Å². The molecule has 0 fully saturated rings. The van der Waals surface area contributed by atoms with Gasteiger partial charge in [0.1, 0.15) is 0 Å². The van der Waals surface area contributed by atoms with Crippen LogP contribution in [0.15, 0.2) is 23.3 Å². The summed E-state index contributed by atoms with van der Waals surface area (Å²) in [6.07, 6.45) is 13.0. The first-order chi connectivity index (χ1) is 5.77. The predicted molar refractivity (Wildman–Crippen MR) is 53.7 cm³/mol. The maximum absolute atomic E-state index is 5.31. The van der Waals surface area contributed by atoms with Crippen molar-refractivity contribution in [2.45, 2.75) is 33.1 Å². The number of hydrogen-bond donors (Lipinski definition) is 0. The lowest BCUT2D eigenvalue weighted by Crippen LogP contribution is -2.01. The lowest BCUT2D eigenvalue weighted by atomic mass is 9.89.